The lowest BCUT2D eigenvalue weighted by atomic mass is 9.88. The lowest BCUT2D eigenvalue weighted by Crippen LogP contribution is -2.40. The standard InChI is InChI=1S/C38H47FN4O7S2/c1-23(2)30-21-51-36(41-30)29-18-33(28-14-15-32(49-4)34(39)35(28)40-29)50-26-11-10-24(17-26)31(45)20-38(37(46)42-52(47,48)27-12-13-27)19-25(38)9-7-5-6-8-16-43(3)22-44/h7,9,14-15,18,21-27H,5-6,8,10-13,16-17,19-20H2,1-4H3,(H,42,46)/b9-7-/t24?,25?,26?,38-/m1/s1. The number of nitrogens with zero attached hydrogens (tertiary/aromatic N) is 3. The van der Waals surface area contributed by atoms with Crippen LogP contribution in [0.2, 0.25) is 0 Å². The number of sulfonamides is 1. The first kappa shape index (κ1) is 37.8. The average molecular weight is 755 g/mol. The van der Waals surface area contributed by atoms with Gasteiger partial charge in [0, 0.05) is 42.8 Å². The first-order valence-electron chi connectivity index (χ1n) is 18.1. The van der Waals surface area contributed by atoms with Gasteiger partial charge in [-0.05, 0) is 81.8 Å². The molecule has 14 heteroatoms. The summed E-state index contributed by atoms with van der Waals surface area (Å²) in [4.78, 5) is 49.2. The summed E-state index contributed by atoms with van der Waals surface area (Å²) in [5, 5.41) is 2.53. The Morgan fingerprint density at radius 1 is 1.15 bits per heavy atom. The van der Waals surface area contributed by atoms with E-state index in [9.17, 15) is 22.8 Å². The number of rotatable bonds is 18. The number of ketones is 1. The molecule has 3 saturated carbocycles. The summed E-state index contributed by atoms with van der Waals surface area (Å²) in [6.45, 7) is 4.75. The number of pyridine rings is 1. The molecular weight excluding hydrogens is 708 g/mol. The molecular formula is C38H47FN4O7S2. The number of allylic oxidation sites excluding steroid dienone is 2. The second-order valence-corrected chi connectivity index (χ2v) is 17.6. The van der Waals surface area contributed by atoms with Crippen molar-refractivity contribution < 1.29 is 36.7 Å². The molecule has 6 rings (SSSR count). The van der Waals surface area contributed by atoms with E-state index in [1.165, 1.54) is 24.5 Å². The number of Topliss-reactive ketones (excluding diaryl/α,β-unsaturated/α-hetero) is 1. The summed E-state index contributed by atoms with van der Waals surface area (Å²) in [6.07, 6.45) is 9.78. The highest BCUT2D eigenvalue weighted by molar-refractivity contribution is 7.90. The van der Waals surface area contributed by atoms with Crippen LogP contribution in [-0.2, 0) is 24.4 Å². The second kappa shape index (κ2) is 15.6. The van der Waals surface area contributed by atoms with Gasteiger partial charge in [-0.15, -0.1) is 11.3 Å². The molecule has 2 amide bonds. The predicted molar refractivity (Wildman–Crippen MR) is 197 cm³/mol. The molecule has 0 aliphatic heterocycles. The van der Waals surface area contributed by atoms with Crippen molar-refractivity contribution in [2.45, 2.75) is 95.3 Å². The number of carbonyl (C=O) groups excluding carboxylic acids is 3. The summed E-state index contributed by atoms with van der Waals surface area (Å²) in [7, 11) is -0.650. The Morgan fingerprint density at radius 3 is 2.63 bits per heavy atom. The monoisotopic (exact) mass is 754 g/mol. The minimum Gasteiger partial charge on any atom is -0.494 e. The van der Waals surface area contributed by atoms with Crippen molar-refractivity contribution in [3.8, 4) is 22.2 Å². The zero-order valence-corrected chi connectivity index (χ0v) is 31.7. The molecule has 2 aromatic heterocycles. The number of nitrogens with one attached hydrogen (secondary N) is 1. The van der Waals surface area contributed by atoms with Crippen LogP contribution in [0.15, 0.2) is 35.7 Å². The maximum atomic E-state index is 15.6. The maximum Gasteiger partial charge on any atom is 0.240 e. The quantitative estimate of drug-likeness (QED) is 0.0867. The molecule has 52 heavy (non-hydrogen) atoms. The Kier molecular flexibility index (Phi) is 11.3. The van der Waals surface area contributed by atoms with Crippen LogP contribution >= 0.6 is 11.3 Å². The van der Waals surface area contributed by atoms with Gasteiger partial charge in [-0.2, -0.15) is 0 Å². The van der Waals surface area contributed by atoms with E-state index < -0.39 is 32.4 Å². The number of carbonyl (C=O) groups is 3. The largest absolute Gasteiger partial charge is 0.494 e. The molecule has 0 spiro atoms. The molecule has 1 aromatic carbocycles. The van der Waals surface area contributed by atoms with Gasteiger partial charge in [0.25, 0.3) is 0 Å². The number of fused-ring (bicyclic) bond motifs is 1. The van der Waals surface area contributed by atoms with E-state index in [-0.39, 0.29) is 47.3 Å². The zero-order valence-electron chi connectivity index (χ0n) is 30.1. The molecule has 3 unspecified atom stereocenters. The van der Waals surface area contributed by atoms with Crippen LogP contribution in [-0.4, -0.2) is 73.4 Å². The first-order valence-corrected chi connectivity index (χ1v) is 20.5. The molecule has 3 aromatic rings. The maximum absolute atomic E-state index is 15.6. The summed E-state index contributed by atoms with van der Waals surface area (Å²) in [6, 6.07) is 5.02. The van der Waals surface area contributed by atoms with Gasteiger partial charge in [0.15, 0.2) is 11.6 Å². The number of halogens is 1. The molecule has 0 saturated heterocycles. The van der Waals surface area contributed by atoms with E-state index in [4.69, 9.17) is 14.5 Å². The normalized spacial score (nSPS) is 22.9. The van der Waals surface area contributed by atoms with Gasteiger partial charge in [0.1, 0.15) is 27.8 Å². The number of hydrogen-bond donors (Lipinski definition) is 1. The Labute approximate surface area is 308 Å². The molecule has 3 fully saturated rings. The molecule has 0 radical (unpaired) electrons. The molecule has 11 nitrogen and oxygen atoms in total. The van der Waals surface area contributed by atoms with Crippen molar-refractivity contribution in [1.82, 2.24) is 19.6 Å². The van der Waals surface area contributed by atoms with Crippen molar-refractivity contribution in [3.05, 3.63) is 47.2 Å². The fourth-order valence-electron chi connectivity index (χ4n) is 6.98. The number of methoxy groups -OCH3 is 1. The van der Waals surface area contributed by atoms with Crippen LogP contribution in [0.4, 0.5) is 4.39 Å². The van der Waals surface area contributed by atoms with E-state index >= 15 is 4.39 Å². The van der Waals surface area contributed by atoms with Gasteiger partial charge in [-0.25, -0.2) is 22.8 Å². The lowest BCUT2D eigenvalue weighted by Gasteiger charge is -2.19. The van der Waals surface area contributed by atoms with Crippen LogP contribution in [0.25, 0.3) is 21.6 Å². The van der Waals surface area contributed by atoms with E-state index in [1.807, 2.05) is 17.5 Å². The summed E-state index contributed by atoms with van der Waals surface area (Å²) in [5.74, 6) is -1.18. The van der Waals surface area contributed by atoms with Gasteiger partial charge in [-0.3, -0.25) is 19.1 Å². The third-order valence-corrected chi connectivity index (χ3v) is 13.2. The molecule has 4 atom stereocenters. The molecule has 280 valence electrons. The number of amides is 2. The Morgan fingerprint density at radius 2 is 1.94 bits per heavy atom. The SMILES string of the molecule is COc1ccc2c(OC3CCC(C(=O)C[C@]4(C(=O)NS(=O)(=O)C5CC5)CC4/C=C\CCCCN(C)C=O)C3)cc(-c3nc(C(C)C)cs3)nc2c1F. The van der Waals surface area contributed by atoms with Crippen LogP contribution < -0.4 is 14.2 Å². The minimum atomic E-state index is -3.78. The van der Waals surface area contributed by atoms with Crippen molar-refractivity contribution in [2.24, 2.45) is 17.3 Å². The van der Waals surface area contributed by atoms with E-state index in [0.29, 0.717) is 66.9 Å². The van der Waals surface area contributed by atoms with Crippen molar-refractivity contribution in [1.29, 1.82) is 0 Å². The molecule has 0 bridgehead atoms. The van der Waals surface area contributed by atoms with Gasteiger partial charge in [0.05, 0.1) is 29.6 Å². The third kappa shape index (κ3) is 8.33. The van der Waals surface area contributed by atoms with Gasteiger partial charge < -0.3 is 14.4 Å². The van der Waals surface area contributed by atoms with Crippen LogP contribution in [0.1, 0.15) is 89.7 Å². The highest BCUT2D eigenvalue weighted by Crippen LogP contribution is 2.57. The van der Waals surface area contributed by atoms with Crippen molar-refractivity contribution in [3.63, 3.8) is 0 Å². The van der Waals surface area contributed by atoms with Crippen molar-refractivity contribution in [2.75, 3.05) is 20.7 Å². The average Bonchev–Trinajstić information content (AvgIpc) is 3.98. The van der Waals surface area contributed by atoms with Gasteiger partial charge in [-0.1, -0.05) is 26.0 Å². The van der Waals surface area contributed by atoms with Crippen LogP contribution in [0.3, 0.4) is 0 Å². The highest BCUT2D eigenvalue weighted by Gasteiger charge is 2.61. The van der Waals surface area contributed by atoms with E-state index in [2.05, 4.69) is 23.6 Å². The van der Waals surface area contributed by atoms with Crippen LogP contribution in [0.5, 0.6) is 11.5 Å². The summed E-state index contributed by atoms with van der Waals surface area (Å²) < 4.78 is 55.1. The first-order chi connectivity index (χ1) is 24.8. The fourth-order valence-corrected chi connectivity index (χ4v) is 9.30. The second-order valence-electron chi connectivity index (χ2n) is 14.8. The third-order valence-electron chi connectivity index (χ3n) is 10.5. The minimum absolute atomic E-state index is 0.0505. The fraction of sp³-hybridized carbons (Fsp3) is 0.553. The number of benzene rings is 1. The van der Waals surface area contributed by atoms with Gasteiger partial charge >= 0.3 is 0 Å². The summed E-state index contributed by atoms with van der Waals surface area (Å²) >= 11 is 1.43. The molecule has 1 N–H and O–H groups in total. The number of aromatic nitrogens is 2. The van der Waals surface area contributed by atoms with Crippen molar-refractivity contribution >= 4 is 50.4 Å². The molecule has 3 aliphatic rings. The number of thiazole rings is 1. The predicted octanol–water partition coefficient (Wildman–Crippen LogP) is 6.57. The number of unbranched alkanes of at least 4 members (excludes halogenated alkanes) is 2. The highest BCUT2D eigenvalue weighted by atomic mass is 32.2. The topological polar surface area (TPSA) is 145 Å². The summed E-state index contributed by atoms with van der Waals surface area (Å²) in [5.41, 5.74) is 0.389. The van der Waals surface area contributed by atoms with Gasteiger partial charge in [0.2, 0.25) is 22.3 Å². The van der Waals surface area contributed by atoms with E-state index in [0.717, 1.165) is 31.4 Å². The Bertz CT molecular complexity index is 1960. The Balaban J connectivity index is 1.16. The smallest absolute Gasteiger partial charge is 0.240 e. The molecule has 3 aliphatic carbocycles. The van der Waals surface area contributed by atoms with Crippen LogP contribution in [0, 0.1) is 23.1 Å². The number of hydrogen-bond acceptors (Lipinski definition) is 10. The van der Waals surface area contributed by atoms with E-state index in [1.54, 1.807) is 24.1 Å². The Hall–Kier alpha value is -3.91. The lowest BCUT2D eigenvalue weighted by molar-refractivity contribution is -0.131. The number of ether oxygens (including phenoxy) is 2. The molecule has 2 heterocycles. The zero-order chi connectivity index (χ0) is 37.2.